The molecule has 2 rings (SSSR count). The fourth-order valence-corrected chi connectivity index (χ4v) is 3.79. The predicted octanol–water partition coefficient (Wildman–Crippen LogP) is 2.49. The molecule has 2 nitrogen and oxygen atoms in total. The molecule has 0 heterocycles. The second kappa shape index (κ2) is 9.45. The second-order valence-electron chi connectivity index (χ2n) is 6.83. The molecular weight excluding hydrogens is 398 g/mol. The summed E-state index contributed by atoms with van der Waals surface area (Å²) in [6, 6.07) is 11.9. The Morgan fingerprint density at radius 3 is 2.00 bits per heavy atom. The molecule has 0 aliphatic rings. The molecule has 138 valence electrons. The van der Waals surface area contributed by atoms with Gasteiger partial charge in [0.2, 0.25) is 0 Å². The first kappa shape index (κ1) is 22.6. The molecule has 1 unspecified atom stereocenters. The van der Waals surface area contributed by atoms with Crippen LogP contribution in [0.1, 0.15) is 29.7 Å². The number of aryl methyl sites for hydroxylation is 1. The Morgan fingerprint density at radius 1 is 1.00 bits per heavy atom. The van der Waals surface area contributed by atoms with Gasteiger partial charge in [0, 0.05) is 10.6 Å². The quantitative estimate of drug-likeness (QED) is 0.712. The van der Waals surface area contributed by atoms with Crippen molar-refractivity contribution in [2.24, 2.45) is 5.73 Å². The molecule has 0 saturated heterocycles. The summed E-state index contributed by atoms with van der Waals surface area (Å²) in [5.74, 6) is 0. The minimum atomic E-state index is -0.0456. The second-order valence-corrected chi connectivity index (χ2v) is 8.08. The van der Waals surface area contributed by atoms with Crippen molar-refractivity contribution < 1.29 is 16.9 Å². The Labute approximate surface area is 171 Å². The van der Waals surface area contributed by atoms with Crippen LogP contribution in [0, 0.1) is 0 Å². The predicted molar refractivity (Wildman–Crippen MR) is 105 cm³/mol. The van der Waals surface area contributed by atoms with Crippen molar-refractivity contribution in [3.8, 4) is 0 Å². The lowest BCUT2D eigenvalue weighted by molar-refractivity contribution is -0.905. The molecule has 2 aromatic rings. The topological polar surface area (TPSA) is 26.0 Å². The van der Waals surface area contributed by atoms with Gasteiger partial charge in [-0.05, 0) is 29.7 Å². The van der Waals surface area contributed by atoms with E-state index in [9.17, 15) is 0 Å². The van der Waals surface area contributed by atoms with Gasteiger partial charge >= 0.3 is 0 Å². The monoisotopic (exact) mass is 420 g/mol. The van der Waals surface area contributed by atoms with E-state index in [-0.39, 0.29) is 18.4 Å². The van der Waals surface area contributed by atoms with Gasteiger partial charge in [-0.1, -0.05) is 66.0 Å². The van der Waals surface area contributed by atoms with E-state index in [0.29, 0.717) is 26.1 Å². The van der Waals surface area contributed by atoms with E-state index in [1.807, 2.05) is 0 Å². The number of hydrogen-bond donors (Lipinski definition) is 1. The third-order valence-corrected chi connectivity index (χ3v) is 5.09. The number of quaternary nitrogens is 1. The first-order valence-electron chi connectivity index (χ1n) is 8.01. The molecular formula is C19H24Cl4N2. The van der Waals surface area contributed by atoms with E-state index in [1.165, 1.54) is 5.56 Å². The highest BCUT2D eigenvalue weighted by Crippen LogP contribution is 2.31. The fraction of sp³-hybridized carbons (Fsp3) is 0.368. The number of benzene rings is 2. The number of likely N-dealkylation sites (N-methyl/N-ethyl adjacent to an activating group) is 1. The van der Waals surface area contributed by atoms with Crippen molar-refractivity contribution in [2.75, 3.05) is 20.6 Å². The maximum atomic E-state index is 6.42. The van der Waals surface area contributed by atoms with Gasteiger partial charge in [0.15, 0.2) is 0 Å². The zero-order chi connectivity index (χ0) is 17.9. The van der Waals surface area contributed by atoms with Gasteiger partial charge in [-0.25, -0.2) is 0 Å². The van der Waals surface area contributed by atoms with E-state index < -0.39 is 0 Å². The third kappa shape index (κ3) is 6.32. The van der Waals surface area contributed by atoms with Crippen molar-refractivity contribution in [1.29, 1.82) is 0 Å². The molecule has 6 heteroatoms. The van der Waals surface area contributed by atoms with Crippen molar-refractivity contribution in [3.63, 3.8) is 0 Å². The molecule has 0 aliphatic heterocycles. The number of hydrogen-bond acceptors (Lipinski definition) is 1. The van der Waals surface area contributed by atoms with Crippen LogP contribution >= 0.6 is 34.8 Å². The lowest BCUT2D eigenvalue weighted by Gasteiger charge is -2.33. The normalized spacial score (nSPS) is 12.6. The highest BCUT2D eigenvalue weighted by Gasteiger charge is 2.24. The van der Waals surface area contributed by atoms with Gasteiger partial charge in [0.1, 0.15) is 6.54 Å². The van der Waals surface area contributed by atoms with Crippen LogP contribution in [0.3, 0.4) is 0 Å². The molecule has 0 amide bonds. The molecule has 25 heavy (non-hydrogen) atoms. The van der Waals surface area contributed by atoms with E-state index >= 15 is 0 Å². The Balaban J connectivity index is 0.00000312. The van der Waals surface area contributed by atoms with Crippen LogP contribution < -0.4 is 18.1 Å². The van der Waals surface area contributed by atoms with Crippen molar-refractivity contribution >= 4 is 34.8 Å². The number of nitrogens with two attached hydrogens (primary N) is 1. The maximum Gasteiger partial charge on any atom is 0.107 e. The van der Waals surface area contributed by atoms with Gasteiger partial charge in [0.05, 0.1) is 36.7 Å². The largest absolute Gasteiger partial charge is 1.00 e. The molecule has 1 atom stereocenters. The summed E-state index contributed by atoms with van der Waals surface area (Å²) < 4.78 is 0.678. The van der Waals surface area contributed by atoms with Crippen LogP contribution in [0.15, 0.2) is 36.4 Å². The van der Waals surface area contributed by atoms with Gasteiger partial charge in [-0.2, -0.15) is 0 Å². The van der Waals surface area contributed by atoms with E-state index in [1.54, 1.807) is 12.1 Å². The molecule has 0 aromatic heterocycles. The molecule has 0 aliphatic carbocycles. The summed E-state index contributed by atoms with van der Waals surface area (Å²) in [5, 5.41) is 1.74. The zero-order valence-electron chi connectivity index (χ0n) is 14.7. The maximum absolute atomic E-state index is 6.42. The molecule has 0 bridgehead atoms. The number of halogens is 4. The third-order valence-electron chi connectivity index (χ3n) is 4.20. The highest BCUT2D eigenvalue weighted by molar-refractivity contribution is 6.39. The average molecular weight is 422 g/mol. The smallest absolute Gasteiger partial charge is 0.107 e. The van der Waals surface area contributed by atoms with Crippen LogP contribution in [0.2, 0.25) is 15.1 Å². The van der Waals surface area contributed by atoms with Crippen LogP contribution in [0.25, 0.3) is 0 Å². The Morgan fingerprint density at radius 2 is 1.52 bits per heavy atom. The van der Waals surface area contributed by atoms with Crippen molar-refractivity contribution in [2.45, 2.75) is 25.9 Å². The van der Waals surface area contributed by atoms with E-state index in [4.69, 9.17) is 40.5 Å². The summed E-state index contributed by atoms with van der Waals surface area (Å²) in [6.45, 7) is 3.62. The molecule has 2 N–H and O–H groups in total. The zero-order valence-corrected chi connectivity index (χ0v) is 17.7. The summed E-state index contributed by atoms with van der Waals surface area (Å²) in [4.78, 5) is 0. The lowest BCUT2D eigenvalue weighted by Crippen LogP contribution is -3.00. The molecule has 2 aromatic carbocycles. The molecule has 0 radical (unpaired) electrons. The van der Waals surface area contributed by atoms with Crippen LogP contribution in [-0.4, -0.2) is 25.1 Å². The molecule has 0 fully saturated rings. The first-order valence-corrected chi connectivity index (χ1v) is 9.15. The highest BCUT2D eigenvalue weighted by atomic mass is 35.5. The Bertz CT molecular complexity index is 676. The first-order chi connectivity index (χ1) is 11.2. The lowest BCUT2D eigenvalue weighted by atomic mass is 10.0. The van der Waals surface area contributed by atoms with E-state index in [2.05, 4.69) is 45.3 Å². The summed E-state index contributed by atoms with van der Waals surface area (Å²) >= 11 is 18.6. The SMILES string of the molecule is CCc1ccc(C(N)C[N+](C)(C)Cc2c(Cl)cc(Cl)cc2Cl)cc1.[Cl-]. The van der Waals surface area contributed by atoms with Gasteiger partial charge in [0.25, 0.3) is 0 Å². The summed E-state index contributed by atoms with van der Waals surface area (Å²) in [5.41, 5.74) is 9.79. The van der Waals surface area contributed by atoms with Crippen LogP contribution in [0.4, 0.5) is 0 Å². The summed E-state index contributed by atoms with van der Waals surface area (Å²) in [7, 11) is 4.25. The van der Waals surface area contributed by atoms with Crippen molar-refractivity contribution in [3.05, 3.63) is 68.2 Å². The average Bonchev–Trinajstić information content (AvgIpc) is 2.50. The Hall–Kier alpha value is -0.480. The summed E-state index contributed by atoms with van der Waals surface area (Å²) in [6.07, 6.45) is 1.03. The minimum Gasteiger partial charge on any atom is -1.00 e. The molecule has 0 spiro atoms. The van der Waals surface area contributed by atoms with Gasteiger partial charge in [-0.3, -0.25) is 0 Å². The van der Waals surface area contributed by atoms with Gasteiger partial charge in [-0.15, -0.1) is 0 Å². The minimum absolute atomic E-state index is 0. The fourth-order valence-electron chi connectivity index (χ4n) is 2.85. The van der Waals surface area contributed by atoms with E-state index in [0.717, 1.165) is 24.1 Å². The number of rotatable bonds is 6. The molecule has 0 saturated carbocycles. The standard InChI is InChI=1S/C19H24Cl3N2.ClH/c1-4-13-5-7-14(8-6-13)19(23)12-24(2,3)11-16-17(21)9-15(20)10-18(16)22;/h5-10,19H,4,11-12,23H2,1-3H3;1H/q+1;/p-1. The van der Waals surface area contributed by atoms with Crippen LogP contribution in [0.5, 0.6) is 0 Å². The van der Waals surface area contributed by atoms with Crippen molar-refractivity contribution in [1.82, 2.24) is 0 Å². The van der Waals surface area contributed by atoms with Gasteiger partial charge < -0.3 is 22.6 Å². The Kier molecular flexibility index (Phi) is 8.53. The number of nitrogens with zero attached hydrogens (tertiary/aromatic N) is 1. The van der Waals surface area contributed by atoms with Crippen LogP contribution in [-0.2, 0) is 13.0 Å².